The Kier molecular flexibility index (Phi) is 4.44. The fourth-order valence-electron chi connectivity index (χ4n) is 2.62. The lowest BCUT2D eigenvalue weighted by molar-refractivity contribution is 0.329. The third kappa shape index (κ3) is 3.59. The van der Waals surface area contributed by atoms with Crippen LogP contribution in [0.5, 0.6) is 0 Å². The number of benzene rings is 1. The third-order valence-electron chi connectivity index (χ3n) is 3.90. The maximum absolute atomic E-state index is 12.6. The zero-order valence-corrected chi connectivity index (χ0v) is 13.4. The molecule has 0 atom stereocenters. The molecule has 2 heterocycles. The number of nitrogens with zero attached hydrogens (tertiary/aromatic N) is 3. The number of rotatable bonds is 4. The van der Waals surface area contributed by atoms with Crippen molar-refractivity contribution >= 4 is 21.5 Å². The van der Waals surface area contributed by atoms with Crippen molar-refractivity contribution in [3.05, 3.63) is 42.6 Å². The van der Waals surface area contributed by atoms with Gasteiger partial charge in [-0.15, -0.1) is 5.10 Å². The van der Waals surface area contributed by atoms with Gasteiger partial charge in [-0.2, -0.15) is 9.40 Å². The summed E-state index contributed by atoms with van der Waals surface area (Å²) in [4.78, 5) is 0.284. The van der Waals surface area contributed by atoms with E-state index < -0.39 is 10.0 Å². The summed E-state index contributed by atoms with van der Waals surface area (Å²) in [6.07, 6.45) is 3.07. The number of sulfonamides is 1. The summed E-state index contributed by atoms with van der Waals surface area (Å²) in [6, 6.07) is 10.2. The van der Waals surface area contributed by atoms with Crippen LogP contribution in [-0.2, 0) is 10.0 Å². The first-order chi connectivity index (χ1) is 11.1. The second-order valence-electron chi connectivity index (χ2n) is 5.50. The van der Waals surface area contributed by atoms with Crippen LogP contribution in [0.1, 0.15) is 12.8 Å². The summed E-state index contributed by atoms with van der Waals surface area (Å²) in [5.41, 5.74) is 6.16. The van der Waals surface area contributed by atoms with Crippen molar-refractivity contribution in [3.63, 3.8) is 0 Å². The van der Waals surface area contributed by atoms with Crippen LogP contribution in [0.25, 0.3) is 0 Å². The van der Waals surface area contributed by atoms with Gasteiger partial charge in [0.15, 0.2) is 0 Å². The average Bonchev–Trinajstić information content (AvgIpc) is 2.57. The molecule has 1 aromatic heterocycles. The summed E-state index contributed by atoms with van der Waals surface area (Å²) >= 11 is 0. The van der Waals surface area contributed by atoms with Crippen LogP contribution in [0.2, 0.25) is 0 Å². The molecule has 0 bridgehead atoms. The minimum absolute atomic E-state index is 0.199. The molecule has 8 heteroatoms. The topological polar surface area (TPSA) is 101 Å². The SMILES string of the molecule is Nc1ccc(S(=O)(=O)N2CCC(Nc3cccnn3)CC2)cc1. The zero-order valence-electron chi connectivity index (χ0n) is 12.6. The first-order valence-corrected chi connectivity index (χ1v) is 8.89. The van der Waals surface area contributed by atoms with Gasteiger partial charge in [-0.25, -0.2) is 8.42 Å². The number of nitrogens with one attached hydrogen (secondary N) is 1. The molecule has 0 radical (unpaired) electrons. The lowest BCUT2D eigenvalue weighted by Crippen LogP contribution is -2.42. The van der Waals surface area contributed by atoms with E-state index in [1.165, 1.54) is 4.31 Å². The monoisotopic (exact) mass is 333 g/mol. The van der Waals surface area contributed by atoms with Gasteiger partial charge in [-0.3, -0.25) is 0 Å². The predicted octanol–water partition coefficient (Wildman–Crippen LogP) is 1.32. The Morgan fingerprint density at radius 2 is 1.83 bits per heavy atom. The minimum atomic E-state index is -3.45. The molecule has 3 N–H and O–H groups in total. The molecule has 1 aliphatic heterocycles. The van der Waals surface area contributed by atoms with Crippen molar-refractivity contribution < 1.29 is 8.42 Å². The largest absolute Gasteiger partial charge is 0.399 e. The number of hydrogen-bond acceptors (Lipinski definition) is 6. The Labute approximate surface area is 135 Å². The Hall–Kier alpha value is -2.19. The standard InChI is InChI=1S/C15H19N5O2S/c16-12-3-5-14(6-4-12)23(21,22)20-10-7-13(8-11-20)18-15-2-1-9-17-19-15/h1-6,9,13H,7-8,10-11,16H2,(H,18,19). The van der Waals surface area contributed by atoms with Crippen LogP contribution in [0.15, 0.2) is 47.5 Å². The number of nitrogens with two attached hydrogens (primary N) is 1. The van der Waals surface area contributed by atoms with Gasteiger partial charge in [-0.05, 0) is 49.2 Å². The fourth-order valence-corrected chi connectivity index (χ4v) is 4.09. The zero-order chi connectivity index (χ0) is 16.3. The highest BCUT2D eigenvalue weighted by Gasteiger charge is 2.29. The first kappa shape index (κ1) is 15.7. The molecule has 1 fully saturated rings. The molecule has 1 saturated heterocycles. The van der Waals surface area contributed by atoms with E-state index in [1.54, 1.807) is 30.5 Å². The second-order valence-corrected chi connectivity index (χ2v) is 7.44. The van der Waals surface area contributed by atoms with Gasteiger partial charge in [0.25, 0.3) is 0 Å². The van der Waals surface area contributed by atoms with Crippen LogP contribution >= 0.6 is 0 Å². The molecule has 0 spiro atoms. The van der Waals surface area contributed by atoms with E-state index in [9.17, 15) is 8.42 Å². The molecule has 7 nitrogen and oxygen atoms in total. The molecule has 0 unspecified atom stereocenters. The minimum Gasteiger partial charge on any atom is -0.399 e. The molecular formula is C15H19N5O2S. The summed E-state index contributed by atoms with van der Waals surface area (Å²) < 4.78 is 26.7. The van der Waals surface area contributed by atoms with Crippen LogP contribution in [0.3, 0.4) is 0 Å². The molecule has 1 aliphatic rings. The van der Waals surface area contributed by atoms with Crippen molar-refractivity contribution in [2.24, 2.45) is 0 Å². The average molecular weight is 333 g/mol. The van der Waals surface area contributed by atoms with Crippen molar-refractivity contribution in [3.8, 4) is 0 Å². The Balaban J connectivity index is 1.63. The third-order valence-corrected chi connectivity index (χ3v) is 5.81. The van der Waals surface area contributed by atoms with Crippen LogP contribution in [0, 0.1) is 0 Å². The quantitative estimate of drug-likeness (QED) is 0.819. The molecular weight excluding hydrogens is 314 g/mol. The van der Waals surface area contributed by atoms with E-state index in [-0.39, 0.29) is 10.9 Å². The number of piperidine rings is 1. The van der Waals surface area contributed by atoms with E-state index in [0.717, 1.165) is 12.8 Å². The van der Waals surface area contributed by atoms with Gasteiger partial charge in [0.05, 0.1) is 4.90 Å². The highest BCUT2D eigenvalue weighted by Crippen LogP contribution is 2.22. The van der Waals surface area contributed by atoms with E-state index in [1.807, 2.05) is 12.1 Å². The molecule has 2 aromatic rings. The van der Waals surface area contributed by atoms with E-state index in [4.69, 9.17) is 5.73 Å². The normalized spacial score (nSPS) is 17.0. The molecule has 23 heavy (non-hydrogen) atoms. The molecule has 3 rings (SSSR count). The summed E-state index contributed by atoms with van der Waals surface area (Å²) in [6.45, 7) is 0.954. The highest BCUT2D eigenvalue weighted by atomic mass is 32.2. The van der Waals surface area contributed by atoms with Gasteiger partial charge in [0.1, 0.15) is 5.82 Å². The second kappa shape index (κ2) is 6.51. The summed E-state index contributed by atoms with van der Waals surface area (Å²) in [5.74, 6) is 0.715. The molecule has 122 valence electrons. The van der Waals surface area contributed by atoms with Gasteiger partial charge < -0.3 is 11.1 Å². The van der Waals surface area contributed by atoms with Crippen molar-refractivity contribution in [1.82, 2.24) is 14.5 Å². The Morgan fingerprint density at radius 3 is 2.43 bits per heavy atom. The number of aromatic nitrogens is 2. The molecule has 1 aromatic carbocycles. The van der Waals surface area contributed by atoms with Gasteiger partial charge >= 0.3 is 0 Å². The lowest BCUT2D eigenvalue weighted by Gasteiger charge is -2.31. The van der Waals surface area contributed by atoms with Crippen molar-refractivity contribution in [2.45, 2.75) is 23.8 Å². The smallest absolute Gasteiger partial charge is 0.243 e. The maximum Gasteiger partial charge on any atom is 0.243 e. The molecule has 0 saturated carbocycles. The molecule has 0 aliphatic carbocycles. The lowest BCUT2D eigenvalue weighted by atomic mass is 10.1. The summed E-state index contributed by atoms with van der Waals surface area (Å²) in [7, 11) is -3.45. The molecule has 0 amide bonds. The maximum atomic E-state index is 12.6. The van der Waals surface area contributed by atoms with Crippen molar-refractivity contribution in [1.29, 1.82) is 0 Å². The van der Waals surface area contributed by atoms with Gasteiger partial charge in [0.2, 0.25) is 10.0 Å². The van der Waals surface area contributed by atoms with E-state index in [0.29, 0.717) is 24.6 Å². The first-order valence-electron chi connectivity index (χ1n) is 7.45. The number of anilines is 2. The van der Waals surface area contributed by atoms with Gasteiger partial charge in [0, 0.05) is 31.0 Å². The predicted molar refractivity (Wildman–Crippen MR) is 88.3 cm³/mol. The van der Waals surface area contributed by atoms with Crippen LogP contribution in [-0.4, -0.2) is 42.1 Å². The van der Waals surface area contributed by atoms with E-state index in [2.05, 4.69) is 15.5 Å². The van der Waals surface area contributed by atoms with Gasteiger partial charge in [-0.1, -0.05) is 0 Å². The Morgan fingerprint density at radius 1 is 1.13 bits per heavy atom. The van der Waals surface area contributed by atoms with Crippen LogP contribution in [0.4, 0.5) is 11.5 Å². The highest BCUT2D eigenvalue weighted by molar-refractivity contribution is 7.89. The number of nitrogen functional groups attached to an aromatic ring is 1. The summed E-state index contributed by atoms with van der Waals surface area (Å²) in [5, 5.41) is 11.1. The number of hydrogen-bond donors (Lipinski definition) is 2. The fraction of sp³-hybridized carbons (Fsp3) is 0.333. The van der Waals surface area contributed by atoms with E-state index >= 15 is 0 Å². The van der Waals surface area contributed by atoms with Crippen molar-refractivity contribution in [2.75, 3.05) is 24.1 Å². The van der Waals surface area contributed by atoms with Crippen LogP contribution < -0.4 is 11.1 Å². The Bertz CT molecular complexity index is 741.